The second kappa shape index (κ2) is 5.30. The van der Waals surface area contributed by atoms with Crippen LogP contribution in [-0.2, 0) is 12.8 Å². The normalized spacial score (nSPS) is 20.4. The molecular formula is C17H18BrNO. The van der Waals surface area contributed by atoms with Crippen LogP contribution in [0.5, 0.6) is 0 Å². The Morgan fingerprint density at radius 1 is 1.30 bits per heavy atom. The molecule has 2 aromatic rings. The number of rotatable bonds is 3. The first kappa shape index (κ1) is 13.8. The molecule has 0 spiro atoms. The average Bonchev–Trinajstić information content (AvgIpc) is 2.86. The molecule has 1 N–H and O–H groups in total. The summed E-state index contributed by atoms with van der Waals surface area (Å²) in [7, 11) is 0. The number of fused-ring (bicyclic) bond motifs is 1. The van der Waals surface area contributed by atoms with Gasteiger partial charge in [-0.3, -0.25) is 4.98 Å². The van der Waals surface area contributed by atoms with Gasteiger partial charge in [0.1, 0.15) is 0 Å². The fourth-order valence-electron chi connectivity index (χ4n) is 3.16. The van der Waals surface area contributed by atoms with Crippen LogP contribution < -0.4 is 0 Å². The summed E-state index contributed by atoms with van der Waals surface area (Å²) in [5, 5.41) is 10.9. The third-order valence-electron chi connectivity index (χ3n) is 4.18. The number of hydrogen-bond acceptors (Lipinski definition) is 2. The van der Waals surface area contributed by atoms with Gasteiger partial charge < -0.3 is 5.11 Å². The minimum atomic E-state index is -0.757. The zero-order chi connectivity index (χ0) is 14.2. The van der Waals surface area contributed by atoms with Gasteiger partial charge in [-0.15, -0.1) is 0 Å². The summed E-state index contributed by atoms with van der Waals surface area (Å²) in [5.74, 6) is 0.127. The molecule has 104 valence electrons. The Kier molecular flexibility index (Phi) is 3.65. The van der Waals surface area contributed by atoms with E-state index in [1.807, 2.05) is 31.3 Å². The maximum atomic E-state index is 10.9. The molecule has 2 unspecified atom stereocenters. The van der Waals surface area contributed by atoms with E-state index < -0.39 is 5.60 Å². The number of hydrogen-bond donors (Lipinski definition) is 1. The van der Waals surface area contributed by atoms with Gasteiger partial charge in [-0.25, -0.2) is 0 Å². The monoisotopic (exact) mass is 331 g/mol. The number of pyridine rings is 1. The van der Waals surface area contributed by atoms with Crippen molar-refractivity contribution in [3.8, 4) is 0 Å². The highest BCUT2D eigenvalue weighted by Gasteiger charge is 2.38. The molecule has 0 radical (unpaired) electrons. The molecule has 3 heteroatoms. The van der Waals surface area contributed by atoms with Crippen molar-refractivity contribution in [2.75, 3.05) is 0 Å². The maximum absolute atomic E-state index is 10.9. The Bertz CT molecular complexity index is 607. The van der Waals surface area contributed by atoms with Crippen molar-refractivity contribution >= 4 is 15.9 Å². The van der Waals surface area contributed by atoms with Crippen LogP contribution >= 0.6 is 15.9 Å². The van der Waals surface area contributed by atoms with Crippen molar-refractivity contribution in [3.63, 3.8) is 0 Å². The van der Waals surface area contributed by atoms with Crippen molar-refractivity contribution < 1.29 is 5.11 Å². The number of nitrogens with zero attached hydrogens (tertiary/aromatic N) is 1. The van der Waals surface area contributed by atoms with E-state index in [0.29, 0.717) is 6.42 Å². The van der Waals surface area contributed by atoms with E-state index in [2.05, 4.69) is 39.1 Å². The van der Waals surface area contributed by atoms with Crippen molar-refractivity contribution in [3.05, 3.63) is 63.9 Å². The van der Waals surface area contributed by atoms with Crippen molar-refractivity contribution in [1.82, 2.24) is 4.98 Å². The Morgan fingerprint density at radius 2 is 2.05 bits per heavy atom. The fourth-order valence-corrected chi connectivity index (χ4v) is 3.42. The van der Waals surface area contributed by atoms with Crippen LogP contribution in [0.25, 0.3) is 0 Å². The zero-order valence-corrected chi connectivity index (χ0v) is 13.1. The predicted octanol–water partition coefficient (Wildman–Crippen LogP) is 3.87. The zero-order valence-electron chi connectivity index (χ0n) is 11.5. The Morgan fingerprint density at radius 3 is 2.80 bits per heavy atom. The molecule has 0 aliphatic heterocycles. The topological polar surface area (TPSA) is 33.1 Å². The van der Waals surface area contributed by atoms with E-state index in [-0.39, 0.29) is 5.92 Å². The first-order valence-corrected chi connectivity index (χ1v) is 7.76. The van der Waals surface area contributed by atoms with Gasteiger partial charge in [0, 0.05) is 28.7 Å². The van der Waals surface area contributed by atoms with E-state index in [0.717, 1.165) is 28.6 Å². The van der Waals surface area contributed by atoms with Gasteiger partial charge in [0.15, 0.2) is 0 Å². The Balaban J connectivity index is 1.84. The minimum absolute atomic E-state index is 0.127. The second-order valence-electron chi connectivity index (χ2n) is 5.80. The third-order valence-corrected chi connectivity index (χ3v) is 4.71. The maximum Gasteiger partial charge on any atom is 0.0743 e. The second-order valence-corrected chi connectivity index (χ2v) is 6.72. The molecule has 1 heterocycles. The van der Waals surface area contributed by atoms with Crippen LogP contribution in [0.15, 0.2) is 47.1 Å². The lowest BCUT2D eigenvalue weighted by Crippen LogP contribution is -2.34. The van der Waals surface area contributed by atoms with Crippen LogP contribution in [-0.4, -0.2) is 15.7 Å². The molecule has 0 fully saturated rings. The number of aromatic nitrogens is 1. The summed E-state index contributed by atoms with van der Waals surface area (Å²) in [4.78, 5) is 4.50. The summed E-state index contributed by atoms with van der Waals surface area (Å²) in [6.45, 7) is 1.93. The number of aryl methyl sites for hydroxylation is 1. The van der Waals surface area contributed by atoms with Crippen LogP contribution in [0, 0.1) is 0 Å². The lowest BCUT2D eigenvalue weighted by Gasteiger charge is -2.30. The van der Waals surface area contributed by atoms with Gasteiger partial charge >= 0.3 is 0 Å². The quantitative estimate of drug-likeness (QED) is 0.926. The minimum Gasteiger partial charge on any atom is -0.389 e. The van der Waals surface area contributed by atoms with E-state index in [9.17, 15) is 5.11 Å². The summed E-state index contributed by atoms with van der Waals surface area (Å²) in [6.07, 6.45) is 4.48. The average molecular weight is 332 g/mol. The number of benzene rings is 1. The van der Waals surface area contributed by atoms with Gasteiger partial charge in [-0.1, -0.05) is 34.1 Å². The van der Waals surface area contributed by atoms with Gasteiger partial charge in [0.05, 0.1) is 5.60 Å². The highest BCUT2D eigenvalue weighted by Crippen LogP contribution is 2.40. The van der Waals surface area contributed by atoms with Crippen molar-refractivity contribution in [2.24, 2.45) is 0 Å². The van der Waals surface area contributed by atoms with Crippen molar-refractivity contribution in [2.45, 2.75) is 37.7 Å². The van der Waals surface area contributed by atoms with E-state index >= 15 is 0 Å². The highest BCUT2D eigenvalue weighted by atomic mass is 79.9. The molecule has 0 amide bonds. The summed E-state index contributed by atoms with van der Waals surface area (Å²) in [6, 6.07) is 12.3. The molecule has 3 rings (SSSR count). The molecule has 2 atom stereocenters. The summed E-state index contributed by atoms with van der Waals surface area (Å²) in [5.41, 5.74) is 2.76. The molecule has 1 aliphatic carbocycles. The van der Waals surface area contributed by atoms with Gasteiger partial charge in [0.25, 0.3) is 0 Å². The largest absolute Gasteiger partial charge is 0.389 e. The molecule has 0 bridgehead atoms. The van der Waals surface area contributed by atoms with Gasteiger partial charge in [0.2, 0.25) is 0 Å². The lowest BCUT2D eigenvalue weighted by molar-refractivity contribution is 0.0299. The van der Waals surface area contributed by atoms with E-state index in [1.54, 1.807) is 0 Å². The highest BCUT2D eigenvalue weighted by molar-refractivity contribution is 9.10. The van der Waals surface area contributed by atoms with Gasteiger partial charge in [-0.05, 0) is 49.1 Å². The molecule has 2 nitrogen and oxygen atoms in total. The van der Waals surface area contributed by atoms with Crippen LogP contribution in [0.3, 0.4) is 0 Å². The molecule has 20 heavy (non-hydrogen) atoms. The predicted molar refractivity (Wildman–Crippen MR) is 83.8 cm³/mol. The first-order chi connectivity index (χ1) is 9.56. The molecule has 0 saturated heterocycles. The number of aliphatic hydroxyl groups is 1. The SMILES string of the molecule is CC(O)(Cc1ccc(Br)cc1)C1CCc2cccnc21. The Labute approximate surface area is 128 Å². The molecule has 1 aromatic carbocycles. The first-order valence-electron chi connectivity index (χ1n) is 6.97. The lowest BCUT2D eigenvalue weighted by atomic mass is 9.82. The summed E-state index contributed by atoms with van der Waals surface area (Å²) >= 11 is 3.44. The van der Waals surface area contributed by atoms with Crippen LogP contribution in [0.2, 0.25) is 0 Å². The van der Waals surface area contributed by atoms with Crippen LogP contribution in [0.1, 0.15) is 36.1 Å². The van der Waals surface area contributed by atoms with Gasteiger partial charge in [-0.2, -0.15) is 0 Å². The fraction of sp³-hybridized carbons (Fsp3) is 0.353. The number of halogens is 1. The third kappa shape index (κ3) is 2.65. The van der Waals surface area contributed by atoms with E-state index in [4.69, 9.17) is 0 Å². The van der Waals surface area contributed by atoms with Crippen molar-refractivity contribution in [1.29, 1.82) is 0 Å². The molecule has 1 aromatic heterocycles. The molecule has 0 saturated carbocycles. The molecular weight excluding hydrogens is 314 g/mol. The standard InChI is InChI=1S/C17H18BrNO/c1-17(20,11-12-4-7-14(18)8-5-12)15-9-6-13-3-2-10-19-16(13)15/h2-5,7-8,10,15,20H,6,9,11H2,1H3. The smallest absolute Gasteiger partial charge is 0.0743 e. The Hall–Kier alpha value is -1.19. The van der Waals surface area contributed by atoms with Crippen LogP contribution in [0.4, 0.5) is 0 Å². The summed E-state index contributed by atoms with van der Waals surface area (Å²) < 4.78 is 1.06. The van der Waals surface area contributed by atoms with E-state index in [1.165, 1.54) is 5.56 Å². The molecule has 1 aliphatic rings.